The van der Waals surface area contributed by atoms with Crippen LogP contribution in [0, 0.1) is 6.92 Å². The van der Waals surface area contributed by atoms with Gasteiger partial charge in [-0.3, -0.25) is 4.68 Å². The maximum absolute atomic E-state index is 6.24. The molecule has 0 aliphatic carbocycles. The largest absolute Gasteiger partial charge is 0.495 e. The zero-order valence-corrected chi connectivity index (χ0v) is 13.8. The summed E-state index contributed by atoms with van der Waals surface area (Å²) < 4.78 is 12.3. The van der Waals surface area contributed by atoms with Crippen LogP contribution in [-0.2, 0) is 13.6 Å². The first-order chi connectivity index (χ1) is 9.97. The first kappa shape index (κ1) is 15.8. The minimum Gasteiger partial charge on any atom is -0.495 e. The highest BCUT2D eigenvalue weighted by Gasteiger charge is 2.13. The van der Waals surface area contributed by atoms with E-state index in [-0.39, 0.29) is 0 Å². The lowest BCUT2D eigenvalue weighted by Gasteiger charge is -2.14. The summed E-state index contributed by atoms with van der Waals surface area (Å²) in [6.07, 6.45) is 0. The van der Waals surface area contributed by atoms with E-state index in [1.54, 1.807) is 31.0 Å². The van der Waals surface area contributed by atoms with Crippen LogP contribution in [0.15, 0.2) is 12.1 Å². The number of anilines is 1. The van der Waals surface area contributed by atoms with E-state index in [1.165, 1.54) is 0 Å². The van der Waals surface area contributed by atoms with Gasteiger partial charge in [-0.2, -0.15) is 5.10 Å². The Hall–Kier alpha value is -1.59. The number of nitrogens with one attached hydrogen (secondary N) is 1. The molecule has 1 aromatic carbocycles. The molecule has 2 rings (SSSR count). The molecule has 0 aliphatic rings. The van der Waals surface area contributed by atoms with Crippen molar-refractivity contribution >= 4 is 28.9 Å². The molecular formula is C14H17Cl2N3O2. The summed E-state index contributed by atoms with van der Waals surface area (Å²) in [5.74, 6) is 1.21. The molecule has 0 fully saturated rings. The monoisotopic (exact) mass is 329 g/mol. The van der Waals surface area contributed by atoms with Gasteiger partial charge in [0.05, 0.1) is 47.9 Å². The Morgan fingerprint density at radius 3 is 2.38 bits per heavy atom. The molecule has 1 aromatic heterocycles. The van der Waals surface area contributed by atoms with Crippen molar-refractivity contribution < 1.29 is 9.47 Å². The fourth-order valence-electron chi connectivity index (χ4n) is 2.05. The Labute approximate surface area is 133 Å². The topological polar surface area (TPSA) is 48.3 Å². The molecule has 0 unspecified atom stereocenters. The van der Waals surface area contributed by atoms with E-state index in [2.05, 4.69) is 10.4 Å². The third kappa shape index (κ3) is 3.19. The SMILES string of the molecule is COc1cc(NCc2c(Cl)c(C)nn2C)c(OC)cc1Cl. The van der Waals surface area contributed by atoms with Crippen LogP contribution in [0.25, 0.3) is 0 Å². The van der Waals surface area contributed by atoms with E-state index >= 15 is 0 Å². The molecule has 0 radical (unpaired) electrons. The second-order valence-corrected chi connectivity index (χ2v) is 5.30. The number of benzene rings is 1. The van der Waals surface area contributed by atoms with Gasteiger partial charge in [0.15, 0.2) is 0 Å². The lowest BCUT2D eigenvalue weighted by Crippen LogP contribution is -2.07. The molecule has 0 spiro atoms. The molecule has 0 saturated carbocycles. The van der Waals surface area contributed by atoms with Crippen LogP contribution < -0.4 is 14.8 Å². The number of aromatic nitrogens is 2. The molecule has 21 heavy (non-hydrogen) atoms. The fourth-order valence-corrected chi connectivity index (χ4v) is 2.51. The van der Waals surface area contributed by atoms with E-state index in [0.29, 0.717) is 28.1 Å². The van der Waals surface area contributed by atoms with Crippen LogP contribution in [0.5, 0.6) is 11.5 Å². The number of hydrogen-bond donors (Lipinski definition) is 1. The Morgan fingerprint density at radius 1 is 1.19 bits per heavy atom. The van der Waals surface area contributed by atoms with Gasteiger partial charge in [0.2, 0.25) is 0 Å². The lowest BCUT2D eigenvalue weighted by molar-refractivity contribution is 0.404. The van der Waals surface area contributed by atoms with Gasteiger partial charge in [0, 0.05) is 19.2 Å². The van der Waals surface area contributed by atoms with Gasteiger partial charge in [0.25, 0.3) is 0 Å². The predicted octanol–water partition coefficient (Wildman–Crippen LogP) is 3.66. The van der Waals surface area contributed by atoms with Crippen LogP contribution in [0.4, 0.5) is 5.69 Å². The third-order valence-corrected chi connectivity index (χ3v) is 3.97. The first-order valence-corrected chi connectivity index (χ1v) is 7.06. The molecule has 0 amide bonds. The van der Waals surface area contributed by atoms with Crippen molar-refractivity contribution in [2.24, 2.45) is 7.05 Å². The van der Waals surface area contributed by atoms with Crippen molar-refractivity contribution in [2.75, 3.05) is 19.5 Å². The van der Waals surface area contributed by atoms with E-state index in [4.69, 9.17) is 32.7 Å². The molecule has 0 bridgehead atoms. The van der Waals surface area contributed by atoms with Crippen molar-refractivity contribution in [3.05, 3.63) is 33.6 Å². The molecule has 1 N–H and O–H groups in total. The first-order valence-electron chi connectivity index (χ1n) is 6.31. The molecule has 2 aromatic rings. The minimum absolute atomic E-state index is 0.495. The normalized spacial score (nSPS) is 10.6. The fraction of sp³-hybridized carbons (Fsp3) is 0.357. The number of ether oxygens (including phenoxy) is 2. The molecule has 0 saturated heterocycles. The summed E-state index contributed by atoms with van der Waals surface area (Å²) in [6.45, 7) is 2.38. The van der Waals surface area contributed by atoms with Crippen molar-refractivity contribution in [1.29, 1.82) is 0 Å². The Kier molecular flexibility index (Phi) is 4.85. The third-order valence-electron chi connectivity index (χ3n) is 3.18. The van der Waals surface area contributed by atoms with Gasteiger partial charge < -0.3 is 14.8 Å². The number of aryl methyl sites for hydroxylation is 2. The minimum atomic E-state index is 0.495. The molecule has 5 nitrogen and oxygen atoms in total. The Balaban J connectivity index is 2.27. The molecule has 114 valence electrons. The highest BCUT2D eigenvalue weighted by molar-refractivity contribution is 6.32. The maximum Gasteiger partial charge on any atom is 0.143 e. The number of hydrogen-bond acceptors (Lipinski definition) is 4. The summed E-state index contributed by atoms with van der Waals surface area (Å²) in [5, 5.41) is 8.70. The quantitative estimate of drug-likeness (QED) is 0.909. The van der Waals surface area contributed by atoms with E-state index in [1.807, 2.05) is 14.0 Å². The van der Waals surface area contributed by atoms with Gasteiger partial charge in [0.1, 0.15) is 11.5 Å². The van der Waals surface area contributed by atoms with Gasteiger partial charge in [-0.1, -0.05) is 23.2 Å². The standard InChI is InChI=1S/C14H17Cl2N3O2/c1-8-14(16)11(19(2)18-8)7-17-10-6-12(20-3)9(15)5-13(10)21-4/h5-6,17H,7H2,1-4H3. The molecule has 0 aliphatic heterocycles. The summed E-state index contributed by atoms with van der Waals surface area (Å²) in [4.78, 5) is 0. The Morgan fingerprint density at radius 2 is 1.86 bits per heavy atom. The second kappa shape index (κ2) is 6.45. The lowest BCUT2D eigenvalue weighted by atomic mass is 10.2. The average molecular weight is 330 g/mol. The van der Waals surface area contributed by atoms with Crippen molar-refractivity contribution in [3.63, 3.8) is 0 Å². The van der Waals surface area contributed by atoms with Gasteiger partial charge in [-0.25, -0.2) is 0 Å². The van der Waals surface area contributed by atoms with Crippen LogP contribution in [-0.4, -0.2) is 24.0 Å². The molecule has 1 heterocycles. The number of rotatable bonds is 5. The smallest absolute Gasteiger partial charge is 0.143 e. The molecule has 7 heteroatoms. The van der Waals surface area contributed by atoms with Gasteiger partial charge in [-0.05, 0) is 6.92 Å². The number of halogens is 2. The summed E-state index contributed by atoms with van der Waals surface area (Å²) in [7, 11) is 5.01. The number of nitrogens with zero attached hydrogens (tertiary/aromatic N) is 2. The van der Waals surface area contributed by atoms with Crippen molar-refractivity contribution in [2.45, 2.75) is 13.5 Å². The summed E-state index contributed by atoms with van der Waals surface area (Å²) >= 11 is 12.3. The van der Waals surface area contributed by atoms with Crippen LogP contribution in [0.3, 0.4) is 0 Å². The van der Waals surface area contributed by atoms with Gasteiger partial charge in [-0.15, -0.1) is 0 Å². The zero-order valence-electron chi connectivity index (χ0n) is 12.3. The Bertz CT molecular complexity index is 656. The molecule has 0 atom stereocenters. The van der Waals surface area contributed by atoms with Crippen LogP contribution in [0.2, 0.25) is 10.0 Å². The maximum atomic E-state index is 6.24. The molecular weight excluding hydrogens is 313 g/mol. The predicted molar refractivity (Wildman–Crippen MR) is 84.8 cm³/mol. The summed E-state index contributed by atoms with van der Waals surface area (Å²) in [6, 6.07) is 3.50. The van der Waals surface area contributed by atoms with E-state index in [9.17, 15) is 0 Å². The summed E-state index contributed by atoms with van der Waals surface area (Å²) in [5.41, 5.74) is 2.47. The zero-order chi connectivity index (χ0) is 15.6. The number of methoxy groups -OCH3 is 2. The van der Waals surface area contributed by atoms with Crippen LogP contribution >= 0.6 is 23.2 Å². The van der Waals surface area contributed by atoms with Gasteiger partial charge >= 0.3 is 0 Å². The van der Waals surface area contributed by atoms with Crippen molar-refractivity contribution in [1.82, 2.24) is 9.78 Å². The highest BCUT2D eigenvalue weighted by atomic mass is 35.5. The highest BCUT2D eigenvalue weighted by Crippen LogP contribution is 2.36. The van der Waals surface area contributed by atoms with Crippen LogP contribution in [0.1, 0.15) is 11.4 Å². The van der Waals surface area contributed by atoms with E-state index < -0.39 is 0 Å². The average Bonchev–Trinajstić information content (AvgIpc) is 2.70. The van der Waals surface area contributed by atoms with Crippen molar-refractivity contribution in [3.8, 4) is 11.5 Å². The second-order valence-electron chi connectivity index (χ2n) is 4.51. The van der Waals surface area contributed by atoms with E-state index in [0.717, 1.165) is 17.1 Å².